The highest BCUT2D eigenvalue weighted by atomic mass is 32.2. The van der Waals surface area contributed by atoms with Gasteiger partial charge in [-0.15, -0.1) is 0 Å². The molecule has 0 aliphatic rings. The lowest BCUT2D eigenvalue weighted by molar-refractivity contribution is 0.569. The fourth-order valence-electron chi connectivity index (χ4n) is 1.33. The first-order valence-electron chi connectivity index (χ1n) is 4.55. The molecule has 0 fully saturated rings. The van der Waals surface area contributed by atoms with Crippen molar-refractivity contribution in [3.05, 3.63) is 29.6 Å². The Morgan fingerprint density at radius 1 is 1.47 bits per heavy atom. The molecule has 0 bridgehead atoms. The van der Waals surface area contributed by atoms with Crippen molar-refractivity contribution in [2.24, 2.45) is 5.73 Å². The van der Waals surface area contributed by atoms with E-state index in [2.05, 4.69) is 0 Å². The van der Waals surface area contributed by atoms with Gasteiger partial charge in [0.25, 0.3) is 0 Å². The molecule has 1 atom stereocenters. The maximum absolute atomic E-state index is 13.2. The Balaban J connectivity index is 3.18. The van der Waals surface area contributed by atoms with Crippen LogP contribution in [0.15, 0.2) is 23.1 Å². The van der Waals surface area contributed by atoms with E-state index in [1.54, 1.807) is 6.07 Å². The molecule has 15 heavy (non-hydrogen) atoms. The van der Waals surface area contributed by atoms with Crippen LogP contribution < -0.4 is 5.73 Å². The van der Waals surface area contributed by atoms with Crippen molar-refractivity contribution in [1.82, 2.24) is 0 Å². The van der Waals surface area contributed by atoms with Gasteiger partial charge in [-0.1, -0.05) is 6.07 Å². The van der Waals surface area contributed by atoms with Crippen LogP contribution in [0, 0.1) is 5.82 Å². The van der Waals surface area contributed by atoms with Gasteiger partial charge in [-0.2, -0.15) is 0 Å². The van der Waals surface area contributed by atoms with Gasteiger partial charge in [0.1, 0.15) is 10.7 Å². The predicted octanol–water partition coefficient (Wildman–Crippen LogP) is 1.12. The second kappa shape index (κ2) is 4.28. The van der Waals surface area contributed by atoms with Gasteiger partial charge in [-0.3, -0.25) is 0 Å². The average molecular weight is 231 g/mol. The molecule has 0 heterocycles. The second-order valence-electron chi connectivity index (χ2n) is 3.72. The lowest BCUT2D eigenvalue weighted by atomic mass is 10.1. The number of benzene rings is 1. The Morgan fingerprint density at radius 2 is 2.07 bits per heavy atom. The quantitative estimate of drug-likeness (QED) is 0.848. The Bertz CT molecular complexity index is 454. The summed E-state index contributed by atoms with van der Waals surface area (Å²) >= 11 is 0. The van der Waals surface area contributed by atoms with Gasteiger partial charge < -0.3 is 5.73 Å². The molecule has 3 nitrogen and oxygen atoms in total. The molecule has 0 aliphatic heterocycles. The molecule has 0 saturated carbocycles. The van der Waals surface area contributed by atoms with Gasteiger partial charge >= 0.3 is 0 Å². The van der Waals surface area contributed by atoms with Crippen molar-refractivity contribution in [2.75, 3.05) is 6.26 Å². The van der Waals surface area contributed by atoms with E-state index in [0.717, 1.165) is 17.9 Å². The van der Waals surface area contributed by atoms with Crippen LogP contribution in [-0.2, 0) is 16.3 Å². The summed E-state index contributed by atoms with van der Waals surface area (Å²) in [4.78, 5) is -0.263. The van der Waals surface area contributed by atoms with E-state index >= 15 is 0 Å². The van der Waals surface area contributed by atoms with Crippen LogP contribution in [0.1, 0.15) is 12.5 Å². The normalized spacial score (nSPS) is 13.9. The summed E-state index contributed by atoms with van der Waals surface area (Å²) in [5.74, 6) is -0.717. The van der Waals surface area contributed by atoms with Crippen molar-refractivity contribution in [3.63, 3.8) is 0 Å². The van der Waals surface area contributed by atoms with Gasteiger partial charge in [0.2, 0.25) is 0 Å². The molecule has 0 aromatic heterocycles. The van der Waals surface area contributed by atoms with Gasteiger partial charge in [0, 0.05) is 12.3 Å². The number of hydrogen-bond acceptors (Lipinski definition) is 3. The number of nitrogens with two attached hydrogens (primary N) is 1. The molecule has 0 amide bonds. The van der Waals surface area contributed by atoms with E-state index < -0.39 is 15.7 Å². The summed E-state index contributed by atoms with van der Waals surface area (Å²) in [7, 11) is -3.51. The Hall–Kier alpha value is -0.940. The van der Waals surface area contributed by atoms with Crippen LogP contribution in [0.25, 0.3) is 0 Å². The molecule has 1 aromatic carbocycles. The summed E-state index contributed by atoms with van der Waals surface area (Å²) in [6.07, 6.45) is 1.52. The first kappa shape index (κ1) is 12.1. The number of hydrogen-bond donors (Lipinski definition) is 1. The summed E-state index contributed by atoms with van der Waals surface area (Å²) in [6.45, 7) is 1.81. The van der Waals surface area contributed by atoms with E-state index in [1.165, 1.54) is 6.07 Å². The zero-order valence-corrected chi connectivity index (χ0v) is 9.51. The largest absolute Gasteiger partial charge is 0.328 e. The predicted molar refractivity (Wildman–Crippen MR) is 56.9 cm³/mol. The van der Waals surface area contributed by atoms with E-state index in [4.69, 9.17) is 5.73 Å². The first-order chi connectivity index (χ1) is 6.80. The molecule has 2 N–H and O–H groups in total. The zero-order valence-electron chi connectivity index (χ0n) is 8.70. The van der Waals surface area contributed by atoms with E-state index in [1.807, 2.05) is 6.92 Å². The Morgan fingerprint density at radius 3 is 2.53 bits per heavy atom. The molecule has 5 heteroatoms. The lowest BCUT2D eigenvalue weighted by Gasteiger charge is -2.07. The zero-order chi connectivity index (χ0) is 11.6. The third-order valence-electron chi connectivity index (χ3n) is 1.95. The smallest absolute Gasteiger partial charge is 0.178 e. The van der Waals surface area contributed by atoms with Gasteiger partial charge in [0.05, 0.1) is 0 Å². The molecule has 0 saturated heterocycles. The maximum atomic E-state index is 13.2. The molecule has 1 rings (SSSR count). The molecule has 0 spiro atoms. The number of rotatable bonds is 3. The van der Waals surface area contributed by atoms with E-state index in [9.17, 15) is 12.8 Å². The second-order valence-corrected chi connectivity index (χ2v) is 5.70. The highest BCUT2D eigenvalue weighted by Gasteiger charge is 2.14. The van der Waals surface area contributed by atoms with E-state index in [0.29, 0.717) is 6.42 Å². The number of halogens is 1. The van der Waals surface area contributed by atoms with Crippen molar-refractivity contribution in [3.8, 4) is 0 Å². The fraction of sp³-hybridized carbons (Fsp3) is 0.400. The third kappa shape index (κ3) is 3.28. The molecular formula is C10H14FNO2S. The van der Waals surface area contributed by atoms with Crippen LogP contribution in [0.5, 0.6) is 0 Å². The average Bonchev–Trinajstić information content (AvgIpc) is 2.05. The SMILES string of the molecule is CC(N)Cc1ccc(F)c(S(C)(=O)=O)c1. The fourth-order valence-corrected chi connectivity index (χ4v) is 2.12. The monoisotopic (exact) mass is 231 g/mol. The number of sulfone groups is 1. The van der Waals surface area contributed by atoms with Crippen LogP contribution in [-0.4, -0.2) is 20.7 Å². The molecular weight excluding hydrogens is 217 g/mol. The Labute approximate surface area is 89.0 Å². The van der Waals surface area contributed by atoms with Crippen LogP contribution in [0.4, 0.5) is 4.39 Å². The molecule has 1 unspecified atom stereocenters. The van der Waals surface area contributed by atoms with Gasteiger partial charge in [0.15, 0.2) is 9.84 Å². The molecule has 84 valence electrons. The molecule has 0 radical (unpaired) electrons. The minimum atomic E-state index is -3.51. The first-order valence-corrected chi connectivity index (χ1v) is 6.44. The standard InChI is InChI=1S/C10H14FNO2S/c1-7(12)5-8-3-4-9(11)10(6-8)15(2,13)14/h3-4,6-7H,5,12H2,1-2H3. The van der Waals surface area contributed by atoms with E-state index in [-0.39, 0.29) is 10.9 Å². The van der Waals surface area contributed by atoms with Crippen LogP contribution >= 0.6 is 0 Å². The van der Waals surface area contributed by atoms with Crippen molar-refractivity contribution in [2.45, 2.75) is 24.3 Å². The molecule has 0 aliphatic carbocycles. The van der Waals surface area contributed by atoms with Crippen LogP contribution in [0.2, 0.25) is 0 Å². The van der Waals surface area contributed by atoms with Crippen LogP contribution in [0.3, 0.4) is 0 Å². The van der Waals surface area contributed by atoms with Crippen molar-refractivity contribution in [1.29, 1.82) is 0 Å². The highest BCUT2D eigenvalue weighted by molar-refractivity contribution is 7.90. The summed E-state index contributed by atoms with van der Waals surface area (Å²) in [5.41, 5.74) is 6.31. The van der Waals surface area contributed by atoms with Gasteiger partial charge in [-0.25, -0.2) is 12.8 Å². The summed E-state index contributed by atoms with van der Waals surface area (Å²) in [5, 5.41) is 0. The molecule has 1 aromatic rings. The summed E-state index contributed by atoms with van der Waals surface area (Å²) in [6, 6.07) is 3.97. The minimum Gasteiger partial charge on any atom is -0.328 e. The minimum absolute atomic E-state index is 0.0807. The Kier molecular flexibility index (Phi) is 3.46. The third-order valence-corrected chi connectivity index (χ3v) is 3.06. The van der Waals surface area contributed by atoms with Gasteiger partial charge in [-0.05, 0) is 31.0 Å². The maximum Gasteiger partial charge on any atom is 0.178 e. The van der Waals surface area contributed by atoms with Crippen molar-refractivity contribution >= 4 is 9.84 Å². The summed E-state index contributed by atoms with van der Waals surface area (Å²) < 4.78 is 35.6. The topological polar surface area (TPSA) is 60.2 Å². The van der Waals surface area contributed by atoms with Crippen molar-refractivity contribution < 1.29 is 12.8 Å². The highest BCUT2D eigenvalue weighted by Crippen LogP contribution is 2.17. The lowest BCUT2D eigenvalue weighted by Crippen LogP contribution is -2.18.